The van der Waals surface area contributed by atoms with Gasteiger partial charge in [-0.3, -0.25) is 20.4 Å². The third kappa shape index (κ3) is 4.29. The molecule has 2 aromatic carbocycles. The smallest absolute Gasteiger partial charge is 0.271 e. The zero-order valence-electron chi connectivity index (χ0n) is 13.1. The van der Waals surface area contributed by atoms with Gasteiger partial charge in [-0.15, -0.1) is 0 Å². The summed E-state index contributed by atoms with van der Waals surface area (Å²) in [5, 5.41) is 0.954. The van der Waals surface area contributed by atoms with Gasteiger partial charge in [0.25, 0.3) is 11.8 Å². The lowest BCUT2D eigenvalue weighted by molar-refractivity contribution is -0.123. The maximum Gasteiger partial charge on any atom is 0.271 e. The molecule has 130 valence electrons. The van der Waals surface area contributed by atoms with Crippen LogP contribution in [-0.4, -0.2) is 17.9 Å². The Morgan fingerprint density at radius 3 is 2.56 bits per heavy atom. The van der Waals surface area contributed by atoms with E-state index in [-0.39, 0.29) is 11.9 Å². The van der Waals surface area contributed by atoms with E-state index in [0.717, 1.165) is 5.56 Å². The second-order valence-corrected chi connectivity index (χ2v) is 6.45. The zero-order chi connectivity index (χ0) is 17.8. The Balaban J connectivity index is 1.54. The van der Waals surface area contributed by atoms with Crippen LogP contribution in [0.4, 0.5) is 0 Å². The molecule has 0 saturated carbocycles. The van der Waals surface area contributed by atoms with Crippen LogP contribution in [0.1, 0.15) is 28.4 Å². The molecule has 25 heavy (non-hydrogen) atoms. The molecule has 1 fully saturated rings. The Labute approximate surface area is 154 Å². The van der Waals surface area contributed by atoms with Crippen molar-refractivity contribution in [2.75, 3.05) is 0 Å². The number of hydrogen-bond donors (Lipinski definition) is 4. The van der Waals surface area contributed by atoms with Crippen molar-refractivity contribution in [2.24, 2.45) is 0 Å². The number of benzene rings is 2. The number of hydrazine groups is 2. The summed E-state index contributed by atoms with van der Waals surface area (Å²) in [6.07, 6.45) is 0.522. The normalized spacial score (nSPS) is 19.4. The highest BCUT2D eigenvalue weighted by Gasteiger charge is 2.30. The number of carbonyl (C=O) groups is 2. The first-order valence-electron chi connectivity index (χ1n) is 7.66. The van der Waals surface area contributed by atoms with Crippen molar-refractivity contribution in [1.29, 1.82) is 0 Å². The largest absolute Gasteiger partial charge is 0.271 e. The lowest BCUT2D eigenvalue weighted by Crippen LogP contribution is -2.50. The maximum absolute atomic E-state index is 12.2. The molecule has 1 saturated heterocycles. The number of carbonyl (C=O) groups excluding carboxylic acids is 2. The highest BCUT2D eigenvalue weighted by Crippen LogP contribution is 2.24. The van der Waals surface area contributed by atoms with E-state index in [9.17, 15) is 9.59 Å². The molecule has 2 unspecified atom stereocenters. The van der Waals surface area contributed by atoms with E-state index in [0.29, 0.717) is 22.0 Å². The molecule has 2 atom stereocenters. The standard InChI is InChI=1S/C17H16Cl2N4O2/c18-11-5-3-4-10(8-11)14-9-15(21-20-14)17(25)23-22-16(24)12-6-1-2-7-13(12)19/h1-8,14-15,20-21H,9H2,(H,22,24)(H,23,25). The molecule has 2 aromatic rings. The SMILES string of the molecule is O=C(NNC(=O)C1CC(c2cccc(Cl)c2)NN1)c1ccccc1Cl. The molecule has 1 aliphatic rings. The van der Waals surface area contributed by atoms with Gasteiger partial charge in [0.15, 0.2) is 0 Å². The first-order chi connectivity index (χ1) is 12.0. The van der Waals surface area contributed by atoms with Crippen molar-refractivity contribution < 1.29 is 9.59 Å². The number of amides is 2. The van der Waals surface area contributed by atoms with Gasteiger partial charge in [-0.05, 0) is 36.2 Å². The van der Waals surface area contributed by atoms with Gasteiger partial charge in [0.2, 0.25) is 0 Å². The second kappa shape index (κ2) is 7.84. The van der Waals surface area contributed by atoms with Crippen molar-refractivity contribution in [3.63, 3.8) is 0 Å². The minimum atomic E-state index is -0.490. The molecular weight excluding hydrogens is 363 g/mol. The van der Waals surface area contributed by atoms with Crippen LogP contribution in [-0.2, 0) is 4.79 Å². The Morgan fingerprint density at radius 1 is 1.00 bits per heavy atom. The molecule has 3 rings (SSSR count). The van der Waals surface area contributed by atoms with Crippen LogP contribution in [0, 0.1) is 0 Å². The molecule has 0 bridgehead atoms. The van der Waals surface area contributed by atoms with E-state index >= 15 is 0 Å². The molecule has 0 radical (unpaired) electrons. The van der Waals surface area contributed by atoms with Crippen molar-refractivity contribution in [1.82, 2.24) is 21.7 Å². The first-order valence-corrected chi connectivity index (χ1v) is 8.41. The van der Waals surface area contributed by atoms with Gasteiger partial charge in [0, 0.05) is 11.1 Å². The van der Waals surface area contributed by atoms with Crippen molar-refractivity contribution in [2.45, 2.75) is 18.5 Å². The van der Waals surface area contributed by atoms with Crippen molar-refractivity contribution in [3.8, 4) is 0 Å². The van der Waals surface area contributed by atoms with Crippen LogP contribution >= 0.6 is 23.2 Å². The van der Waals surface area contributed by atoms with E-state index in [1.165, 1.54) is 0 Å². The van der Waals surface area contributed by atoms with Crippen LogP contribution in [0.15, 0.2) is 48.5 Å². The lowest BCUT2D eigenvalue weighted by atomic mass is 10.0. The van der Waals surface area contributed by atoms with E-state index in [4.69, 9.17) is 23.2 Å². The lowest BCUT2D eigenvalue weighted by Gasteiger charge is -2.12. The quantitative estimate of drug-likeness (QED) is 0.618. The van der Waals surface area contributed by atoms with E-state index in [2.05, 4.69) is 21.7 Å². The van der Waals surface area contributed by atoms with Crippen LogP contribution in [0.3, 0.4) is 0 Å². The average molecular weight is 379 g/mol. The van der Waals surface area contributed by atoms with E-state index < -0.39 is 11.9 Å². The Morgan fingerprint density at radius 2 is 1.80 bits per heavy atom. The monoisotopic (exact) mass is 378 g/mol. The zero-order valence-corrected chi connectivity index (χ0v) is 14.6. The Hall–Kier alpha value is -2.12. The summed E-state index contributed by atoms with van der Waals surface area (Å²) in [5.41, 5.74) is 12.0. The minimum absolute atomic E-state index is 0.0475. The summed E-state index contributed by atoms with van der Waals surface area (Å²) >= 11 is 11.9. The van der Waals surface area contributed by atoms with E-state index in [1.54, 1.807) is 30.3 Å². The highest BCUT2D eigenvalue weighted by atomic mass is 35.5. The van der Waals surface area contributed by atoms with Gasteiger partial charge in [-0.25, -0.2) is 10.9 Å². The minimum Gasteiger partial charge on any atom is -0.271 e. The van der Waals surface area contributed by atoms with Gasteiger partial charge >= 0.3 is 0 Å². The molecule has 2 amide bonds. The van der Waals surface area contributed by atoms with Crippen LogP contribution in [0.5, 0.6) is 0 Å². The number of hydrogen-bond acceptors (Lipinski definition) is 4. The van der Waals surface area contributed by atoms with Crippen LogP contribution in [0.2, 0.25) is 10.0 Å². The van der Waals surface area contributed by atoms with Crippen molar-refractivity contribution in [3.05, 3.63) is 69.7 Å². The number of halogens is 2. The van der Waals surface area contributed by atoms with Crippen molar-refractivity contribution >= 4 is 35.0 Å². The third-order valence-corrected chi connectivity index (χ3v) is 4.45. The number of nitrogens with one attached hydrogen (secondary N) is 4. The fourth-order valence-corrected chi connectivity index (χ4v) is 3.01. The summed E-state index contributed by atoms with van der Waals surface area (Å²) in [6, 6.07) is 13.5. The molecule has 0 aliphatic carbocycles. The molecule has 4 N–H and O–H groups in total. The fourth-order valence-electron chi connectivity index (χ4n) is 2.59. The molecule has 1 aliphatic heterocycles. The molecule has 6 nitrogen and oxygen atoms in total. The summed E-state index contributed by atoms with van der Waals surface area (Å²) in [4.78, 5) is 24.3. The molecule has 8 heteroatoms. The number of rotatable bonds is 3. The Kier molecular flexibility index (Phi) is 5.55. The predicted molar refractivity (Wildman–Crippen MR) is 95.9 cm³/mol. The predicted octanol–water partition coefficient (Wildman–Crippen LogP) is 2.36. The van der Waals surface area contributed by atoms with E-state index in [1.807, 2.05) is 18.2 Å². The average Bonchev–Trinajstić information content (AvgIpc) is 3.10. The van der Waals surface area contributed by atoms with Gasteiger partial charge in [-0.1, -0.05) is 47.5 Å². The summed E-state index contributed by atoms with van der Waals surface area (Å²) in [5.74, 6) is -0.825. The summed E-state index contributed by atoms with van der Waals surface area (Å²) in [7, 11) is 0. The van der Waals surface area contributed by atoms with Gasteiger partial charge < -0.3 is 0 Å². The third-order valence-electron chi connectivity index (χ3n) is 3.89. The Bertz CT molecular complexity index is 800. The summed E-state index contributed by atoms with van der Waals surface area (Å²) in [6.45, 7) is 0. The molecular formula is C17H16Cl2N4O2. The molecule has 0 spiro atoms. The highest BCUT2D eigenvalue weighted by molar-refractivity contribution is 6.33. The summed E-state index contributed by atoms with van der Waals surface area (Å²) < 4.78 is 0. The van der Waals surface area contributed by atoms with Gasteiger partial charge in [0.1, 0.15) is 6.04 Å². The maximum atomic E-state index is 12.2. The molecule has 1 heterocycles. The first kappa shape index (κ1) is 17.7. The van der Waals surface area contributed by atoms with Gasteiger partial charge in [-0.2, -0.15) is 0 Å². The second-order valence-electron chi connectivity index (χ2n) is 5.61. The van der Waals surface area contributed by atoms with Crippen LogP contribution in [0.25, 0.3) is 0 Å². The van der Waals surface area contributed by atoms with Gasteiger partial charge in [0.05, 0.1) is 10.6 Å². The molecule has 0 aromatic heterocycles. The van der Waals surface area contributed by atoms with Crippen LogP contribution < -0.4 is 21.7 Å². The topological polar surface area (TPSA) is 82.3 Å². The fraction of sp³-hybridized carbons (Fsp3) is 0.176.